The number of methoxy groups -OCH3 is 1. The van der Waals surface area contributed by atoms with Gasteiger partial charge >= 0.3 is 0 Å². The Bertz CT molecular complexity index is 2000. The van der Waals surface area contributed by atoms with Crippen LogP contribution in [-0.4, -0.2) is 119 Å². The first-order chi connectivity index (χ1) is 27.1. The minimum Gasteiger partial charge on any atom is -0.497 e. The largest absolute Gasteiger partial charge is 0.497 e. The van der Waals surface area contributed by atoms with Gasteiger partial charge in [0.05, 0.1) is 52.6 Å². The molecule has 306 valence electrons. The summed E-state index contributed by atoms with van der Waals surface area (Å²) in [6.07, 6.45) is -7.92. The summed E-state index contributed by atoms with van der Waals surface area (Å²) in [5, 5.41) is 54.1. The highest BCUT2D eigenvalue weighted by atomic mass is 79.9. The van der Waals surface area contributed by atoms with E-state index in [9.17, 15) is 35.1 Å². The fraction of sp³-hybridized carbons (Fsp3) is 0.488. The van der Waals surface area contributed by atoms with Crippen molar-refractivity contribution in [1.29, 1.82) is 0 Å². The van der Waals surface area contributed by atoms with Crippen molar-refractivity contribution in [3.05, 3.63) is 82.3 Å². The quantitative estimate of drug-likeness (QED) is 0.164. The predicted molar refractivity (Wildman–Crippen MR) is 215 cm³/mol. The third kappa shape index (κ3) is 7.33. The second-order valence-electron chi connectivity index (χ2n) is 16.1. The molecule has 3 aromatic carbocycles. The minimum absolute atomic E-state index is 0.0601. The molecule has 10 atom stereocenters. The van der Waals surface area contributed by atoms with Crippen LogP contribution in [0.5, 0.6) is 5.75 Å². The Morgan fingerprint density at radius 3 is 2.46 bits per heavy atom. The van der Waals surface area contributed by atoms with E-state index in [-0.39, 0.29) is 48.9 Å². The molecule has 0 radical (unpaired) electrons. The maximum Gasteiger partial charge on any atom is 0.264 e. The van der Waals surface area contributed by atoms with Crippen LogP contribution >= 0.6 is 15.9 Å². The second kappa shape index (κ2) is 16.1. The number of hydrogen-bond acceptors (Lipinski definition) is 11. The van der Waals surface area contributed by atoms with E-state index in [0.29, 0.717) is 29.0 Å². The zero-order chi connectivity index (χ0) is 41.0. The molecule has 4 aliphatic heterocycles. The average molecular weight is 869 g/mol. The number of likely N-dealkylation sites (tertiary alicyclic amines) is 1. The van der Waals surface area contributed by atoms with Gasteiger partial charge in [-0.15, -0.1) is 0 Å². The lowest BCUT2D eigenvalue weighted by molar-refractivity contribution is -0.274. The van der Waals surface area contributed by atoms with Crippen LogP contribution in [0, 0.1) is 5.92 Å². The number of nitrogens with zero attached hydrogens (tertiary/aromatic N) is 2. The van der Waals surface area contributed by atoms with E-state index in [0.717, 1.165) is 28.3 Å². The maximum atomic E-state index is 15.3. The highest BCUT2D eigenvalue weighted by Crippen LogP contribution is 2.60. The van der Waals surface area contributed by atoms with Gasteiger partial charge in [-0.1, -0.05) is 65.4 Å². The third-order valence-corrected chi connectivity index (χ3v) is 17.3. The summed E-state index contributed by atoms with van der Waals surface area (Å²) in [5.74, 6) is -0.862. The van der Waals surface area contributed by atoms with Crippen molar-refractivity contribution in [2.24, 2.45) is 5.92 Å². The lowest BCUT2D eigenvalue weighted by atomic mass is 9.82. The normalized spacial score (nSPS) is 31.2. The van der Waals surface area contributed by atoms with Crippen LogP contribution in [0.1, 0.15) is 37.3 Å². The van der Waals surface area contributed by atoms with E-state index >= 15 is 4.79 Å². The number of ether oxygens (including phenoxy) is 3. The molecule has 0 unspecified atom stereocenters. The molecule has 7 rings (SSSR count). The molecule has 4 aliphatic rings. The number of amides is 3. The minimum atomic E-state index is -2.55. The summed E-state index contributed by atoms with van der Waals surface area (Å²) in [6, 6.07) is 20.2. The molecule has 6 N–H and O–H groups in total. The number of halogens is 1. The molecular formula is C41H50BrN3O11Si. The van der Waals surface area contributed by atoms with Crippen molar-refractivity contribution >= 4 is 58.3 Å². The Kier molecular flexibility index (Phi) is 11.7. The molecular weight excluding hydrogens is 818 g/mol. The number of aliphatic hydroxyl groups is 5. The summed E-state index contributed by atoms with van der Waals surface area (Å²) < 4.78 is 18.5. The van der Waals surface area contributed by atoms with Crippen LogP contribution in [0.15, 0.2) is 71.2 Å². The van der Waals surface area contributed by atoms with Gasteiger partial charge in [-0.05, 0) is 66.4 Å². The number of hydrogen-bond donors (Lipinski definition) is 6. The van der Waals surface area contributed by atoms with E-state index in [1.54, 1.807) is 41.2 Å². The van der Waals surface area contributed by atoms with Crippen molar-refractivity contribution in [3.63, 3.8) is 0 Å². The highest BCUT2D eigenvalue weighted by molar-refractivity contribution is 9.10. The van der Waals surface area contributed by atoms with Crippen molar-refractivity contribution < 1.29 is 54.1 Å². The molecule has 57 heavy (non-hydrogen) atoms. The zero-order valence-electron chi connectivity index (χ0n) is 32.2. The van der Waals surface area contributed by atoms with Crippen molar-refractivity contribution in [3.8, 4) is 5.75 Å². The molecule has 3 amide bonds. The SMILES string of the molecule is COc1ccc([Si](C)(C)[C@H]2[C@H](CC(=O)N3CCC[C@H]3CO)O[C@@]3(C(=O)N(Cc4cccc(NC(=O)[C@H]5O[C@@H](O)[C@H](O)[C@@H](O)[C@@H]5O)c4)c4ccc(Br)cc43)[C@@H]2C)cc1. The van der Waals surface area contributed by atoms with E-state index in [1.165, 1.54) is 0 Å². The Labute approximate surface area is 340 Å². The average Bonchev–Trinajstić information content (AvgIpc) is 3.86. The molecule has 3 aromatic rings. The molecule has 3 saturated heterocycles. The summed E-state index contributed by atoms with van der Waals surface area (Å²) >= 11 is 3.64. The number of carbonyl (C=O) groups excluding carboxylic acids is 3. The van der Waals surface area contributed by atoms with Crippen LogP contribution in [0.2, 0.25) is 18.6 Å². The van der Waals surface area contributed by atoms with Crippen molar-refractivity contribution in [2.45, 2.75) is 99.8 Å². The fourth-order valence-corrected chi connectivity index (χ4v) is 13.9. The monoisotopic (exact) mass is 867 g/mol. The molecule has 14 nitrogen and oxygen atoms in total. The van der Waals surface area contributed by atoms with E-state index in [2.05, 4.69) is 53.4 Å². The van der Waals surface area contributed by atoms with Crippen LogP contribution in [-0.2, 0) is 36.0 Å². The van der Waals surface area contributed by atoms with Gasteiger partial charge in [-0.3, -0.25) is 14.4 Å². The van der Waals surface area contributed by atoms with E-state index in [1.807, 2.05) is 30.3 Å². The molecule has 0 bridgehead atoms. The zero-order valence-corrected chi connectivity index (χ0v) is 34.8. The fourth-order valence-electron chi connectivity index (χ4n) is 9.51. The summed E-state index contributed by atoms with van der Waals surface area (Å²) in [4.78, 5) is 45.9. The van der Waals surface area contributed by atoms with E-state index in [4.69, 9.17) is 14.2 Å². The Balaban J connectivity index is 1.21. The van der Waals surface area contributed by atoms with Gasteiger partial charge in [0.25, 0.3) is 11.8 Å². The van der Waals surface area contributed by atoms with Gasteiger partial charge in [0.15, 0.2) is 18.0 Å². The lowest BCUT2D eigenvalue weighted by Gasteiger charge is -2.37. The Morgan fingerprint density at radius 2 is 1.75 bits per heavy atom. The Hall–Kier alpha value is -3.71. The summed E-state index contributed by atoms with van der Waals surface area (Å²) in [7, 11) is -0.925. The van der Waals surface area contributed by atoms with Crippen LogP contribution in [0.3, 0.4) is 0 Å². The van der Waals surface area contributed by atoms with Gasteiger partial charge in [0.1, 0.15) is 24.1 Å². The van der Waals surface area contributed by atoms with Crippen LogP contribution in [0.25, 0.3) is 0 Å². The van der Waals surface area contributed by atoms with Crippen LogP contribution in [0.4, 0.5) is 11.4 Å². The topological polar surface area (TPSA) is 199 Å². The predicted octanol–water partition coefficient (Wildman–Crippen LogP) is 2.33. The third-order valence-electron chi connectivity index (χ3n) is 12.5. The molecule has 0 saturated carbocycles. The van der Waals surface area contributed by atoms with Crippen LogP contribution < -0.4 is 20.1 Å². The van der Waals surface area contributed by atoms with Gasteiger partial charge in [0, 0.05) is 28.2 Å². The number of anilines is 2. The van der Waals surface area contributed by atoms with Gasteiger partial charge < -0.3 is 54.9 Å². The van der Waals surface area contributed by atoms with Gasteiger partial charge in [-0.2, -0.15) is 0 Å². The summed E-state index contributed by atoms with van der Waals surface area (Å²) in [6.45, 7) is 7.10. The molecule has 3 fully saturated rings. The molecule has 1 spiro atoms. The number of aliphatic hydroxyl groups excluding tert-OH is 5. The number of carbonyl (C=O) groups is 3. The van der Waals surface area contributed by atoms with E-state index < -0.39 is 56.4 Å². The number of fused-ring (bicyclic) bond motifs is 2. The molecule has 0 aliphatic carbocycles. The molecule has 16 heteroatoms. The lowest BCUT2D eigenvalue weighted by Crippen LogP contribution is -2.60. The standard InChI is InChI=1S/C41H50BrN3O11Si/c1-22-37(57(3,4)28-13-11-27(54-2)12-14-28)31(19-32(47)44-16-6-9-26(44)21-46)56-41(22)29-18-24(42)10-15-30(29)45(40(41)53)20-23-7-5-8-25(17-23)43-38(51)36-34(49)33(48)35(50)39(52)55-36/h5,7-8,10-15,17-18,22,26,31,33-37,39,46,48-50,52H,6,9,16,19-21H2,1-4H3,(H,43,51)/t22-,26+,31+,33+,34+,35-,36+,37-,39-,41+/m1/s1. The Morgan fingerprint density at radius 1 is 1.02 bits per heavy atom. The first kappa shape index (κ1) is 41.4. The number of benzene rings is 3. The number of nitrogens with one attached hydrogen (secondary N) is 1. The number of rotatable bonds is 10. The van der Waals surface area contributed by atoms with Gasteiger partial charge in [0.2, 0.25) is 5.91 Å². The smallest absolute Gasteiger partial charge is 0.264 e. The molecule has 4 heterocycles. The second-order valence-corrected chi connectivity index (χ2v) is 21.7. The maximum absolute atomic E-state index is 15.3. The first-order valence-corrected chi connectivity index (χ1v) is 23.1. The van der Waals surface area contributed by atoms with Crippen molar-refractivity contribution in [1.82, 2.24) is 4.90 Å². The van der Waals surface area contributed by atoms with Crippen molar-refractivity contribution in [2.75, 3.05) is 30.5 Å². The first-order valence-electron chi connectivity index (χ1n) is 19.2. The molecule has 0 aromatic heterocycles. The summed E-state index contributed by atoms with van der Waals surface area (Å²) in [5.41, 5.74) is 0.683. The highest BCUT2D eigenvalue weighted by Gasteiger charge is 2.66. The van der Waals surface area contributed by atoms with Gasteiger partial charge in [-0.25, -0.2) is 0 Å².